The molecule has 0 fully saturated rings. The van der Waals surface area contributed by atoms with Gasteiger partial charge in [0.25, 0.3) is 0 Å². The predicted octanol–water partition coefficient (Wildman–Crippen LogP) is 3.68. The van der Waals surface area contributed by atoms with Crippen LogP contribution in [0.4, 0.5) is 5.69 Å². The maximum atomic E-state index is 12.2. The van der Waals surface area contributed by atoms with Gasteiger partial charge in [-0.05, 0) is 55.3 Å². The largest absolute Gasteiger partial charge is 0.493 e. The number of nitrogens with one attached hydrogen (secondary N) is 1. The molecular formula is C23H30N2O4. The molecule has 0 heterocycles. The van der Waals surface area contributed by atoms with E-state index in [1.165, 1.54) is 11.6 Å². The lowest BCUT2D eigenvalue weighted by molar-refractivity contribution is -0.116. The van der Waals surface area contributed by atoms with Crippen LogP contribution in [0, 0.1) is 6.92 Å². The Morgan fingerprint density at radius 2 is 1.76 bits per heavy atom. The van der Waals surface area contributed by atoms with Gasteiger partial charge in [0.1, 0.15) is 0 Å². The first kappa shape index (κ1) is 22.1. The number of carbonyl (C=O) groups is 1. The third-order valence-corrected chi connectivity index (χ3v) is 4.54. The van der Waals surface area contributed by atoms with Gasteiger partial charge in [-0.3, -0.25) is 4.79 Å². The lowest BCUT2D eigenvalue weighted by Gasteiger charge is -2.23. The number of aryl methyl sites for hydroxylation is 1. The molecule has 0 atom stereocenters. The minimum Gasteiger partial charge on any atom is -0.493 e. The highest BCUT2D eigenvalue weighted by atomic mass is 16.5. The van der Waals surface area contributed by atoms with Crippen LogP contribution in [0.1, 0.15) is 18.1 Å². The Kier molecular flexibility index (Phi) is 8.40. The van der Waals surface area contributed by atoms with E-state index in [1.54, 1.807) is 39.5 Å². The van der Waals surface area contributed by atoms with Crippen LogP contribution in [0.15, 0.2) is 42.5 Å². The zero-order valence-corrected chi connectivity index (χ0v) is 17.8. The molecule has 0 bridgehead atoms. The molecule has 6 heteroatoms. The van der Waals surface area contributed by atoms with Crippen LogP contribution in [0.3, 0.4) is 0 Å². The summed E-state index contributed by atoms with van der Waals surface area (Å²) >= 11 is 0. The van der Waals surface area contributed by atoms with Crippen molar-refractivity contribution in [3.63, 3.8) is 0 Å². The number of ether oxygens (including phenoxy) is 3. The van der Waals surface area contributed by atoms with Crippen molar-refractivity contribution in [2.45, 2.75) is 13.8 Å². The third kappa shape index (κ3) is 6.17. The molecule has 6 nitrogen and oxygen atoms in total. The molecule has 2 aromatic rings. The van der Waals surface area contributed by atoms with E-state index in [-0.39, 0.29) is 5.91 Å². The Bertz CT molecular complexity index is 824. The van der Waals surface area contributed by atoms with Crippen LogP contribution in [-0.4, -0.2) is 46.9 Å². The first-order valence-corrected chi connectivity index (χ1v) is 9.59. The highest BCUT2D eigenvalue weighted by Crippen LogP contribution is 2.38. The van der Waals surface area contributed by atoms with Crippen molar-refractivity contribution < 1.29 is 19.0 Å². The normalized spacial score (nSPS) is 10.7. The monoisotopic (exact) mass is 398 g/mol. The SMILES string of the molecule is CCN(CCNC(=O)/C=C/c1cc(OC)c(OC)c(OC)c1)c1cccc(C)c1. The smallest absolute Gasteiger partial charge is 0.244 e. The van der Waals surface area contributed by atoms with Gasteiger partial charge in [0, 0.05) is 31.4 Å². The summed E-state index contributed by atoms with van der Waals surface area (Å²) in [6, 6.07) is 11.9. The zero-order valence-electron chi connectivity index (χ0n) is 17.8. The van der Waals surface area contributed by atoms with Gasteiger partial charge in [-0.1, -0.05) is 12.1 Å². The topological polar surface area (TPSA) is 60.0 Å². The van der Waals surface area contributed by atoms with Gasteiger partial charge in [0.15, 0.2) is 11.5 Å². The average molecular weight is 399 g/mol. The van der Waals surface area contributed by atoms with Crippen LogP contribution in [-0.2, 0) is 4.79 Å². The molecule has 2 aromatic carbocycles. The number of benzene rings is 2. The summed E-state index contributed by atoms with van der Waals surface area (Å²) in [5.74, 6) is 1.46. The number of likely N-dealkylation sites (N-methyl/N-ethyl adjacent to an activating group) is 1. The second-order valence-corrected chi connectivity index (χ2v) is 6.50. The number of amides is 1. The molecule has 1 amide bonds. The summed E-state index contributed by atoms with van der Waals surface area (Å²) in [4.78, 5) is 14.4. The number of anilines is 1. The fourth-order valence-electron chi connectivity index (χ4n) is 3.04. The molecule has 0 aromatic heterocycles. The minimum absolute atomic E-state index is 0.154. The lowest BCUT2D eigenvalue weighted by atomic mass is 10.1. The van der Waals surface area contributed by atoms with Crippen LogP contribution < -0.4 is 24.4 Å². The predicted molar refractivity (Wildman–Crippen MR) is 117 cm³/mol. The summed E-state index contributed by atoms with van der Waals surface area (Å²) in [6.07, 6.45) is 3.22. The van der Waals surface area contributed by atoms with Crippen LogP contribution >= 0.6 is 0 Å². The zero-order chi connectivity index (χ0) is 21.2. The quantitative estimate of drug-likeness (QED) is 0.619. The van der Waals surface area contributed by atoms with Gasteiger partial charge in [-0.25, -0.2) is 0 Å². The second-order valence-electron chi connectivity index (χ2n) is 6.50. The van der Waals surface area contributed by atoms with Crippen molar-refractivity contribution in [1.29, 1.82) is 0 Å². The van der Waals surface area contributed by atoms with Crippen molar-refractivity contribution in [3.8, 4) is 17.2 Å². The van der Waals surface area contributed by atoms with E-state index in [2.05, 4.69) is 42.3 Å². The Morgan fingerprint density at radius 3 is 2.31 bits per heavy atom. The molecule has 2 rings (SSSR count). The number of methoxy groups -OCH3 is 3. The molecule has 0 saturated carbocycles. The Hall–Kier alpha value is -3.15. The maximum Gasteiger partial charge on any atom is 0.244 e. The first-order valence-electron chi connectivity index (χ1n) is 9.59. The summed E-state index contributed by atoms with van der Waals surface area (Å²) in [7, 11) is 4.68. The van der Waals surface area contributed by atoms with Crippen molar-refractivity contribution in [2.24, 2.45) is 0 Å². The number of hydrogen-bond donors (Lipinski definition) is 1. The van der Waals surface area contributed by atoms with Gasteiger partial charge < -0.3 is 24.4 Å². The first-order chi connectivity index (χ1) is 14.0. The molecule has 0 spiro atoms. The van der Waals surface area contributed by atoms with Gasteiger partial charge in [-0.2, -0.15) is 0 Å². The fraction of sp³-hybridized carbons (Fsp3) is 0.348. The molecule has 29 heavy (non-hydrogen) atoms. The van der Waals surface area contributed by atoms with Gasteiger partial charge >= 0.3 is 0 Å². The van der Waals surface area contributed by atoms with E-state index in [0.717, 1.165) is 24.3 Å². The highest BCUT2D eigenvalue weighted by molar-refractivity contribution is 5.91. The third-order valence-electron chi connectivity index (χ3n) is 4.54. The van der Waals surface area contributed by atoms with Crippen LogP contribution in [0.5, 0.6) is 17.2 Å². The Balaban J connectivity index is 1.96. The summed E-state index contributed by atoms with van der Waals surface area (Å²) in [5, 5.41) is 2.93. The van der Waals surface area contributed by atoms with Gasteiger partial charge in [0.05, 0.1) is 21.3 Å². The van der Waals surface area contributed by atoms with Gasteiger partial charge in [0.2, 0.25) is 11.7 Å². The molecule has 0 saturated heterocycles. The Morgan fingerprint density at radius 1 is 1.07 bits per heavy atom. The molecule has 0 aliphatic carbocycles. The van der Waals surface area contributed by atoms with E-state index < -0.39 is 0 Å². The number of hydrogen-bond acceptors (Lipinski definition) is 5. The highest BCUT2D eigenvalue weighted by Gasteiger charge is 2.12. The molecule has 0 unspecified atom stereocenters. The van der Waals surface area contributed by atoms with E-state index in [9.17, 15) is 4.79 Å². The van der Waals surface area contributed by atoms with Crippen molar-refractivity contribution >= 4 is 17.7 Å². The summed E-state index contributed by atoms with van der Waals surface area (Å²) in [6.45, 7) is 6.35. The molecule has 0 radical (unpaired) electrons. The standard InChI is InChI=1S/C23H30N2O4/c1-6-25(19-9-7-8-17(2)14-19)13-12-24-22(26)11-10-18-15-20(27-3)23(29-5)21(16-18)28-4/h7-11,14-16H,6,12-13H2,1-5H3,(H,24,26)/b11-10+. The Labute approximate surface area is 173 Å². The van der Waals surface area contributed by atoms with Crippen molar-refractivity contribution in [3.05, 3.63) is 53.6 Å². The van der Waals surface area contributed by atoms with Crippen molar-refractivity contribution in [1.82, 2.24) is 5.32 Å². The number of carbonyl (C=O) groups excluding carboxylic acids is 1. The molecule has 0 aliphatic heterocycles. The van der Waals surface area contributed by atoms with E-state index >= 15 is 0 Å². The molecule has 1 N–H and O–H groups in total. The van der Waals surface area contributed by atoms with Crippen LogP contribution in [0.2, 0.25) is 0 Å². The van der Waals surface area contributed by atoms with E-state index in [0.29, 0.717) is 23.8 Å². The molecular weight excluding hydrogens is 368 g/mol. The number of rotatable bonds is 10. The van der Waals surface area contributed by atoms with Crippen LogP contribution in [0.25, 0.3) is 6.08 Å². The maximum absolute atomic E-state index is 12.2. The molecule has 0 aliphatic rings. The number of nitrogens with zero attached hydrogens (tertiary/aromatic N) is 1. The summed E-state index contributed by atoms with van der Waals surface area (Å²) in [5.41, 5.74) is 3.16. The van der Waals surface area contributed by atoms with Gasteiger partial charge in [-0.15, -0.1) is 0 Å². The molecule has 156 valence electrons. The average Bonchev–Trinajstić information content (AvgIpc) is 2.74. The second kappa shape index (κ2) is 11.0. The minimum atomic E-state index is -0.154. The fourth-order valence-corrected chi connectivity index (χ4v) is 3.04. The van der Waals surface area contributed by atoms with E-state index in [1.807, 2.05) is 6.07 Å². The van der Waals surface area contributed by atoms with Crippen molar-refractivity contribution in [2.75, 3.05) is 45.9 Å². The summed E-state index contributed by atoms with van der Waals surface area (Å²) < 4.78 is 16.0. The lowest BCUT2D eigenvalue weighted by Crippen LogP contribution is -2.34. The van der Waals surface area contributed by atoms with E-state index in [4.69, 9.17) is 14.2 Å².